The highest BCUT2D eigenvalue weighted by atomic mass is 16.5. The third-order valence-electron chi connectivity index (χ3n) is 3.91. The molecule has 1 aromatic carbocycles. The minimum atomic E-state index is -1.15. The highest BCUT2D eigenvalue weighted by Gasteiger charge is 2.28. The van der Waals surface area contributed by atoms with Crippen molar-refractivity contribution in [2.75, 3.05) is 13.7 Å². The second-order valence-electron chi connectivity index (χ2n) is 6.94. The lowest BCUT2D eigenvalue weighted by Gasteiger charge is -2.23. The summed E-state index contributed by atoms with van der Waals surface area (Å²) in [5, 5.41) is 24.2. The van der Waals surface area contributed by atoms with Crippen molar-refractivity contribution < 1.29 is 29.3 Å². The Bertz CT molecular complexity index is 627. The first-order chi connectivity index (χ1) is 12.6. The summed E-state index contributed by atoms with van der Waals surface area (Å²) in [6.45, 7) is 3.48. The maximum absolute atomic E-state index is 12.5. The second-order valence-corrected chi connectivity index (χ2v) is 6.94. The van der Waals surface area contributed by atoms with E-state index in [2.05, 4.69) is 10.6 Å². The van der Waals surface area contributed by atoms with Crippen LogP contribution < -0.4 is 10.6 Å². The number of benzene rings is 1. The van der Waals surface area contributed by atoms with E-state index in [1.54, 1.807) is 13.8 Å². The molecule has 8 nitrogen and oxygen atoms in total. The lowest BCUT2D eigenvalue weighted by atomic mass is 10.0. The van der Waals surface area contributed by atoms with Crippen LogP contribution in [0.5, 0.6) is 0 Å². The highest BCUT2D eigenvalue weighted by Crippen LogP contribution is 2.08. The minimum Gasteiger partial charge on any atom is -0.481 e. The van der Waals surface area contributed by atoms with Crippen molar-refractivity contribution in [1.82, 2.24) is 10.6 Å². The van der Waals surface area contributed by atoms with Crippen LogP contribution in [0, 0.1) is 0 Å². The van der Waals surface area contributed by atoms with Crippen LogP contribution in [-0.2, 0) is 25.5 Å². The number of carbonyl (C=O) groups excluding carboxylic acids is 2. The first-order valence-corrected chi connectivity index (χ1v) is 8.72. The van der Waals surface area contributed by atoms with E-state index >= 15 is 0 Å². The number of rotatable bonds is 11. The van der Waals surface area contributed by atoms with Gasteiger partial charge in [0.1, 0.15) is 6.04 Å². The van der Waals surface area contributed by atoms with Gasteiger partial charge in [0.15, 0.2) is 0 Å². The van der Waals surface area contributed by atoms with Gasteiger partial charge in [-0.15, -0.1) is 0 Å². The van der Waals surface area contributed by atoms with Gasteiger partial charge in [-0.25, -0.2) is 4.79 Å². The number of hydrogen-bond donors (Lipinski definition) is 4. The number of esters is 1. The second kappa shape index (κ2) is 10.6. The molecule has 0 fully saturated rings. The molecule has 150 valence electrons. The standard InChI is InChI=1S/C19H28N2O6/c1-19(2,26)9-10-20-14(12-16(22)23)17(24)21-15(18(25)27-3)11-13-7-5-4-6-8-13/h4-8,14-15,20,26H,9-12H2,1-3H3,(H,21,24)(H,22,23)/t14-,15-/m0/s1. The zero-order valence-electron chi connectivity index (χ0n) is 15.9. The van der Waals surface area contributed by atoms with Crippen LogP contribution in [0.25, 0.3) is 0 Å². The van der Waals surface area contributed by atoms with Crippen LogP contribution in [0.2, 0.25) is 0 Å². The van der Waals surface area contributed by atoms with E-state index in [0.717, 1.165) is 5.56 Å². The fraction of sp³-hybridized carbons (Fsp3) is 0.526. The maximum Gasteiger partial charge on any atom is 0.328 e. The monoisotopic (exact) mass is 380 g/mol. The third kappa shape index (κ3) is 9.16. The molecule has 0 spiro atoms. The van der Waals surface area contributed by atoms with Gasteiger partial charge in [0.2, 0.25) is 5.91 Å². The minimum absolute atomic E-state index is 0.225. The number of aliphatic hydroxyl groups is 1. The molecular formula is C19H28N2O6. The molecule has 0 heterocycles. The Morgan fingerprint density at radius 3 is 2.30 bits per heavy atom. The number of ether oxygens (including phenoxy) is 1. The Morgan fingerprint density at radius 2 is 1.78 bits per heavy atom. The largest absolute Gasteiger partial charge is 0.481 e. The van der Waals surface area contributed by atoms with Gasteiger partial charge in [0.25, 0.3) is 0 Å². The van der Waals surface area contributed by atoms with Gasteiger partial charge in [-0.1, -0.05) is 30.3 Å². The average Bonchev–Trinajstić information content (AvgIpc) is 2.59. The maximum atomic E-state index is 12.5. The fourth-order valence-electron chi connectivity index (χ4n) is 2.44. The summed E-state index contributed by atoms with van der Waals surface area (Å²) in [6.07, 6.45) is 0.112. The van der Waals surface area contributed by atoms with Gasteiger partial charge >= 0.3 is 11.9 Å². The van der Waals surface area contributed by atoms with Crippen molar-refractivity contribution in [2.45, 2.75) is 50.8 Å². The van der Waals surface area contributed by atoms with Crippen LogP contribution >= 0.6 is 0 Å². The van der Waals surface area contributed by atoms with Crippen molar-refractivity contribution in [2.24, 2.45) is 0 Å². The summed E-state index contributed by atoms with van der Waals surface area (Å²) in [5.41, 5.74) is -0.114. The molecule has 0 aliphatic carbocycles. The molecule has 0 saturated heterocycles. The molecule has 1 amide bonds. The SMILES string of the molecule is COC(=O)[C@H](Cc1ccccc1)NC(=O)[C@H](CC(=O)O)NCCC(C)(C)O. The van der Waals surface area contributed by atoms with Crippen molar-refractivity contribution in [1.29, 1.82) is 0 Å². The molecule has 0 bridgehead atoms. The van der Waals surface area contributed by atoms with Gasteiger partial charge < -0.3 is 25.6 Å². The number of carbonyl (C=O) groups is 3. The van der Waals surface area contributed by atoms with Gasteiger partial charge in [-0.3, -0.25) is 9.59 Å². The number of nitrogens with one attached hydrogen (secondary N) is 2. The predicted octanol–water partition coefficient (Wildman–Crippen LogP) is 0.481. The topological polar surface area (TPSA) is 125 Å². The van der Waals surface area contributed by atoms with Crippen molar-refractivity contribution in [3.63, 3.8) is 0 Å². The molecule has 0 aromatic heterocycles. The van der Waals surface area contributed by atoms with Crippen LogP contribution in [-0.4, -0.2) is 59.4 Å². The van der Waals surface area contributed by atoms with E-state index in [-0.39, 0.29) is 13.0 Å². The number of carboxylic acid groups (broad SMARTS) is 1. The molecule has 0 aliphatic rings. The predicted molar refractivity (Wildman–Crippen MR) is 99.1 cm³/mol. The molecule has 8 heteroatoms. The van der Waals surface area contributed by atoms with Crippen molar-refractivity contribution in [3.8, 4) is 0 Å². The number of aliphatic carboxylic acids is 1. The molecule has 0 unspecified atom stereocenters. The molecule has 0 aliphatic heterocycles. The van der Waals surface area contributed by atoms with E-state index < -0.39 is 42.0 Å². The molecular weight excluding hydrogens is 352 g/mol. The van der Waals surface area contributed by atoms with Crippen LogP contribution in [0.1, 0.15) is 32.3 Å². The summed E-state index contributed by atoms with van der Waals surface area (Å²) in [6, 6.07) is 7.14. The Labute approximate surface area is 158 Å². The van der Waals surface area contributed by atoms with E-state index in [9.17, 15) is 19.5 Å². The molecule has 0 radical (unpaired) electrons. The van der Waals surface area contributed by atoms with E-state index in [1.165, 1.54) is 7.11 Å². The molecule has 2 atom stereocenters. The van der Waals surface area contributed by atoms with E-state index in [4.69, 9.17) is 9.84 Å². The smallest absolute Gasteiger partial charge is 0.328 e. The summed E-state index contributed by atoms with van der Waals surface area (Å²) >= 11 is 0. The van der Waals surface area contributed by atoms with Gasteiger partial charge in [-0.2, -0.15) is 0 Å². The normalized spacial score (nSPS) is 13.5. The molecule has 4 N–H and O–H groups in total. The van der Waals surface area contributed by atoms with Gasteiger partial charge in [0.05, 0.1) is 25.2 Å². The number of carboxylic acids is 1. The Balaban J connectivity index is 2.80. The summed E-state index contributed by atoms with van der Waals surface area (Å²) < 4.78 is 4.75. The van der Waals surface area contributed by atoms with Crippen LogP contribution in [0.3, 0.4) is 0 Å². The quantitative estimate of drug-likeness (QED) is 0.412. The van der Waals surface area contributed by atoms with Crippen LogP contribution in [0.15, 0.2) is 30.3 Å². The molecule has 0 saturated carbocycles. The first kappa shape index (κ1) is 22.6. The Hall–Kier alpha value is -2.45. The first-order valence-electron chi connectivity index (χ1n) is 8.72. The number of hydrogen-bond acceptors (Lipinski definition) is 6. The number of amides is 1. The summed E-state index contributed by atoms with van der Waals surface area (Å²) in [5.74, 6) is -2.37. The third-order valence-corrected chi connectivity index (χ3v) is 3.91. The Kier molecular flexibility index (Phi) is 8.90. The highest BCUT2D eigenvalue weighted by molar-refractivity contribution is 5.90. The van der Waals surface area contributed by atoms with E-state index in [0.29, 0.717) is 6.42 Å². The summed E-state index contributed by atoms with van der Waals surface area (Å²) in [7, 11) is 1.22. The zero-order chi connectivity index (χ0) is 20.4. The van der Waals surface area contributed by atoms with Gasteiger partial charge in [0, 0.05) is 6.42 Å². The van der Waals surface area contributed by atoms with Crippen LogP contribution in [0.4, 0.5) is 0 Å². The number of methoxy groups -OCH3 is 1. The fourth-order valence-corrected chi connectivity index (χ4v) is 2.44. The van der Waals surface area contributed by atoms with E-state index in [1.807, 2.05) is 30.3 Å². The zero-order valence-corrected chi connectivity index (χ0v) is 15.9. The molecule has 1 aromatic rings. The van der Waals surface area contributed by atoms with Crippen molar-refractivity contribution in [3.05, 3.63) is 35.9 Å². The lowest BCUT2D eigenvalue weighted by molar-refractivity contribution is -0.145. The van der Waals surface area contributed by atoms with Crippen molar-refractivity contribution >= 4 is 17.8 Å². The van der Waals surface area contributed by atoms with Gasteiger partial charge in [-0.05, 0) is 32.4 Å². The lowest BCUT2D eigenvalue weighted by Crippen LogP contribution is -2.52. The molecule has 1 rings (SSSR count). The Morgan fingerprint density at radius 1 is 1.15 bits per heavy atom. The molecule has 27 heavy (non-hydrogen) atoms. The average molecular weight is 380 g/mol. The summed E-state index contributed by atoms with van der Waals surface area (Å²) in [4.78, 5) is 35.7.